The fourth-order valence-electron chi connectivity index (χ4n) is 2.49. The smallest absolute Gasteiger partial charge is 0.258 e. The number of fused-ring (bicyclic) bond motifs is 1. The van der Waals surface area contributed by atoms with Gasteiger partial charge in [0, 0.05) is 6.42 Å². The summed E-state index contributed by atoms with van der Waals surface area (Å²) in [6.07, 6.45) is 1.46. The third-order valence-corrected chi connectivity index (χ3v) is 3.80. The fraction of sp³-hybridized carbons (Fsp3) is 0.222. The number of aryl methyl sites for hydroxylation is 1. The molecule has 2 aromatic carbocycles. The van der Waals surface area contributed by atoms with Crippen LogP contribution in [0, 0.1) is 0 Å². The van der Waals surface area contributed by atoms with Gasteiger partial charge in [0.1, 0.15) is 5.82 Å². The van der Waals surface area contributed by atoms with Crippen LogP contribution in [0.3, 0.4) is 0 Å². The Balaban J connectivity index is 1.95. The van der Waals surface area contributed by atoms with Gasteiger partial charge >= 0.3 is 0 Å². The molecule has 0 saturated heterocycles. The van der Waals surface area contributed by atoms with Crippen molar-refractivity contribution in [3.8, 4) is 0 Å². The number of aromatic amines is 1. The summed E-state index contributed by atoms with van der Waals surface area (Å²) in [5.41, 5.74) is 3.68. The van der Waals surface area contributed by atoms with Crippen LogP contribution in [0.2, 0.25) is 0 Å². The van der Waals surface area contributed by atoms with Crippen LogP contribution in [-0.2, 0) is 19.4 Å². The molecule has 0 aliphatic heterocycles. The molecule has 4 heteroatoms. The molecule has 2 N–H and O–H groups in total. The van der Waals surface area contributed by atoms with E-state index in [1.165, 1.54) is 0 Å². The zero-order chi connectivity index (χ0) is 15.5. The molecule has 1 heterocycles. The standard InChI is InChI=1S/C18H18N2O2/c1-2-12-7-8-16-15(9-12)18(22)20-17(19-16)10-13-3-5-14(11-21)6-4-13/h3-9,21H,2,10-11H2,1H3,(H,19,20,22). The predicted octanol–water partition coefficient (Wildman–Crippen LogP) is 2.57. The summed E-state index contributed by atoms with van der Waals surface area (Å²) >= 11 is 0. The number of aliphatic hydroxyl groups excluding tert-OH is 1. The van der Waals surface area contributed by atoms with E-state index >= 15 is 0 Å². The highest BCUT2D eigenvalue weighted by atomic mass is 16.3. The summed E-state index contributed by atoms with van der Waals surface area (Å²) in [6.45, 7) is 2.10. The van der Waals surface area contributed by atoms with Gasteiger partial charge in [0.15, 0.2) is 0 Å². The van der Waals surface area contributed by atoms with Crippen LogP contribution in [0.5, 0.6) is 0 Å². The molecule has 3 rings (SSSR count). The first-order chi connectivity index (χ1) is 10.7. The molecule has 0 saturated carbocycles. The Morgan fingerprint density at radius 1 is 1.05 bits per heavy atom. The molecule has 0 unspecified atom stereocenters. The first kappa shape index (κ1) is 14.5. The maximum atomic E-state index is 12.2. The maximum absolute atomic E-state index is 12.2. The van der Waals surface area contributed by atoms with Crippen molar-refractivity contribution in [2.24, 2.45) is 0 Å². The highest BCUT2D eigenvalue weighted by molar-refractivity contribution is 5.78. The molecule has 0 atom stereocenters. The lowest BCUT2D eigenvalue weighted by atomic mass is 10.1. The van der Waals surface area contributed by atoms with Crippen molar-refractivity contribution in [2.45, 2.75) is 26.4 Å². The van der Waals surface area contributed by atoms with Crippen molar-refractivity contribution >= 4 is 10.9 Å². The molecule has 0 aliphatic rings. The van der Waals surface area contributed by atoms with Gasteiger partial charge in [-0.3, -0.25) is 4.79 Å². The van der Waals surface area contributed by atoms with Crippen LogP contribution >= 0.6 is 0 Å². The summed E-state index contributed by atoms with van der Waals surface area (Å²) < 4.78 is 0. The number of H-pyrrole nitrogens is 1. The average molecular weight is 294 g/mol. The minimum atomic E-state index is -0.0951. The number of aliphatic hydroxyl groups is 1. The largest absolute Gasteiger partial charge is 0.392 e. The second-order valence-electron chi connectivity index (χ2n) is 5.37. The Kier molecular flexibility index (Phi) is 4.02. The number of nitrogens with zero attached hydrogens (tertiary/aromatic N) is 1. The van der Waals surface area contributed by atoms with Gasteiger partial charge in [0.25, 0.3) is 5.56 Å². The summed E-state index contributed by atoms with van der Waals surface area (Å²) in [7, 11) is 0. The third-order valence-electron chi connectivity index (χ3n) is 3.80. The van der Waals surface area contributed by atoms with Crippen molar-refractivity contribution in [2.75, 3.05) is 0 Å². The minimum absolute atomic E-state index is 0.0328. The number of hydrogen-bond acceptors (Lipinski definition) is 3. The summed E-state index contributed by atoms with van der Waals surface area (Å²) in [5.74, 6) is 0.651. The van der Waals surface area contributed by atoms with E-state index in [1.807, 2.05) is 42.5 Å². The lowest BCUT2D eigenvalue weighted by Gasteiger charge is -2.05. The number of rotatable bonds is 4. The van der Waals surface area contributed by atoms with Crippen molar-refractivity contribution in [3.63, 3.8) is 0 Å². The van der Waals surface area contributed by atoms with Gasteiger partial charge in [-0.2, -0.15) is 0 Å². The Hall–Kier alpha value is -2.46. The molecule has 112 valence electrons. The first-order valence-corrected chi connectivity index (χ1v) is 7.40. The number of nitrogens with one attached hydrogen (secondary N) is 1. The molecule has 4 nitrogen and oxygen atoms in total. The lowest BCUT2D eigenvalue weighted by Crippen LogP contribution is -2.12. The van der Waals surface area contributed by atoms with Crippen LogP contribution in [0.25, 0.3) is 10.9 Å². The van der Waals surface area contributed by atoms with E-state index < -0.39 is 0 Å². The fourth-order valence-corrected chi connectivity index (χ4v) is 2.49. The molecule has 0 bridgehead atoms. The monoisotopic (exact) mass is 294 g/mol. The Morgan fingerprint density at radius 3 is 2.41 bits per heavy atom. The highest BCUT2D eigenvalue weighted by Crippen LogP contribution is 2.13. The molecule has 22 heavy (non-hydrogen) atoms. The van der Waals surface area contributed by atoms with Gasteiger partial charge in [-0.1, -0.05) is 37.3 Å². The lowest BCUT2D eigenvalue weighted by molar-refractivity contribution is 0.282. The van der Waals surface area contributed by atoms with Gasteiger partial charge in [0.2, 0.25) is 0 Å². The van der Waals surface area contributed by atoms with Crippen molar-refractivity contribution in [1.29, 1.82) is 0 Å². The predicted molar refractivity (Wildman–Crippen MR) is 86.9 cm³/mol. The zero-order valence-electron chi connectivity index (χ0n) is 12.5. The molecule has 1 aromatic heterocycles. The Labute approximate surface area is 128 Å². The number of aromatic nitrogens is 2. The normalized spacial score (nSPS) is 11.0. The number of benzene rings is 2. The van der Waals surface area contributed by atoms with Gasteiger partial charge in [-0.15, -0.1) is 0 Å². The average Bonchev–Trinajstić information content (AvgIpc) is 2.55. The Morgan fingerprint density at radius 2 is 1.73 bits per heavy atom. The van der Waals surface area contributed by atoms with E-state index in [-0.39, 0.29) is 12.2 Å². The van der Waals surface area contributed by atoms with Crippen LogP contribution in [-0.4, -0.2) is 15.1 Å². The molecule has 0 fully saturated rings. The minimum Gasteiger partial charge on any atom is -0.392 e. The highest BCUT2D eigenvalue weighted by Gasteiger charge is 2.06. The second-order valence-corrected chi connectivity index (χ2v) is 5.37. The van der Waals surface area contributed by atoms with E-state index in [1.54, 1.807) is 0 Å². The first-order valence-electron chi connectivity index (χ1n) is 7.40. The van der Waals surface area contributed by atoms with E-state index in [0.717, 1.165) is 28.6 Å². The maximum Gasteiger partial charge on any atom is 0.258 e. The van der Waals surface area contributed by atoms with Crippen molar-refractivity contribution < 1.29 is 5.11 Å². The van der Waals surface area contributed by atoms with Crippen molar-refractivity contribution in [3.05, 3.63) is 75.3 Å². The Bertz CT molecular complexity index is 851. The van der Waals surface area contributed by atoms with Gasteiger partial charge in [-0.25, -0.2) is 4.98 Å². The van der Waals surface area contributed by atoms with E-state index in [0.29, 0.717) is 17.6 Å². The van der Waals surface area contributed by atoms with Crippen LogP contribution in [0.15, 0.2) is 47.3 Å². The van der Waals surface area contributed by atoms with E-state index in [2.05, 4.69) is 16.9 Å². The summed E-state index contributed by atoms with van der Waals surface area (Å²) in [5, 5.41) is 9.69. The topological polar surface area (TPSA) is 66.0 Å². The molecular weight excluding hydrogens is 276 g/mol. The van der Waals surface area contributed by atoms with Gasteiger partial charge in [0.05, 0.1) is 17.5 Å². The SMILES string of the molecule is CCc1ccc2nc(Cc3ccc(CO)cc3)[nH]c(=O)c2c1. The second kappa shape index (κ2) is 6.12. The molecule has 0 aliphatic carbocycles. The molecule has 3 aromatic rings. The van der Waals surface area contributed by atoms with Crippen LogP contribution in [0.4, 0.5) is 0 Å². The number of hydrogen-bond donors (Lipinski definition) is 2. The zero-order valence-corrected chi connectivity index (χ0v) is 12.5. The van der Waals surface area contributed by atoms with Crippen LogP contribution in [0.1, 0.15) is 29.4 Å². The molecule has 0 radical (unpaired) electrons. The summed E-state index contributed by atoms with van der Waals surface area (Å²) in [6, 6.07) is 13.5. The van der Waals surface area contributed by atoms with E-state index in [4.69, 9.17) is 5.11 Å². The summed E-state index contributed by atoms with van der Waals surface area (Å²) in [4.78, 5) is 19.6. The van der Waals surface area contributed by atoms with Gasteiger partial charge < -0.3 is 10.1 Å². The van der Waals surface area contributed by atoms with Crippen molar-refractivity contribution in [1.82, 2.24) is 9.97 Å². The third kappa shape index (κ3) is 2.92. The van der Waals surface area contributed by atoms with E-state index in [9.17, 15) is 4.79 Å². The van der Waals surface area contributed by atoms with Gasteiger partial charge in [-0.05, 0) is 35.2 Å². The molecule has 0 spiro atoms. The molecular formula is C18H18N2O2. The van der Waals surface area contributed by atoms with Crippen LogP contribution < -0.4 is 5.56 Å². The molecule has 0 amide bonds. The quantitative estimate of drug-likeness (QED) is 0.777.